The summed E-state index contributed by atoms with van der Waals surface area (Å²) < 4.78 is 5.32. The molecule has 116 valence electrons. The van der Waals surface area contributed by atoms with Crippen molar-refractivity contribution in [3.8, 4) is 0 Å². The van der Waals surface area contributed by atoms with Gasteiger partial charge in [0.1, 0.15) is 5.60 Å². The summed E-state index contributed by atoms with van der Waals surface area (Å²) in [5.41, 5.74) is 0.797. The molecule has 0 aliphatic carbocycles. The number of hydrogen-bond donors (Lipinski definition) is 1. The zero-order chi connectivity index (χ0) is 15.9. The molecule has 1 amide bonds. The topological polar surface area (TPSA) is 38.3 Å². The number of nitrogens with one attached hydrogen (secondary N) is 1. The van der Waals surface area contributed by atoms with Crippen molar-refractivity contribution in [2.75, 3.05) is 0 Å². The standard InChI is InChI=1S/C18H27NO2/c1-6-10-16(19-17(20)21-18(3,4)5)13-14(2)15-11-8-7-9-12-15/h6-9,11-12,14,16H,1,10,13H2,2-5H3,(H,19,20)/t14-,16-/m1/s1. The van der Waals surface area contributed by atoms with E-state index in [-0.39, 0.29) is 12.1 Å². The number of ether oxygens (including phenoxy) is 1. The summed E-state index contributed by atoms with van der Waals surface area (Å²) in [6.07, 6.45) is 3.06. The molecule has 1 rings (SSSR count). The van der Waals surface area contributed by atoms with Gasteiger partial charge < -0.3 is 10.1 Å². The largest absolute Gasteiger partial charge is 0.444 e. The lowest BCUT2D eigenvalue weighted by Crippen LogP contribution is -2.39. The van der Waals surface area contributed by atoms with Crippen molar-refractivity contribution >= 4 is 6.09 Å². The van der Waals surface area contributed by atoms with Gasteiger partial charge in [0.2, 0.25) is 0 Å². The second-order valence-corrected chi connectivity index (χ2v) is 6.41. The molecular formula is C18H27NO2. The number of carbonyl (C=O) groups excluding carboxylic acids is 1. The number of carbonyl (C=O) groups is 1. The molecule has 0 heterocycles. The number of alkyl carbamates (subject to hydrolysis) is 1. The smallest absolute Gasteiger partial charge is 0.407 e. The Labute approximate surface area is 128 Å². The van der Waals surface area contributed by atoms with Gasteiger partial charge in [0.15, 0.2) is 0 Å². The molecule has 0 unspecified atom stereocenters. The summed E-state index contributed by atoms with van der Waals surface area (Å²) in [5, 5.41) is 2.94. The fraction of sp³-hybridized carbons (Fsp3) is 0.500. The maximum absolute atomic E-state index is 11.9. The van der Waals surface area contributed by atoms with E-state index in [2.05, 4.69) is 31.0 Å². The molecule has 1 aromatic carbocycles. The number of benzene rings is 1. The van der Waals surface area contributed by atoms with Crippen LogP contribution in [0.25, 0.3) is 0 Å². The van der Waals surface area contributed by atoms with E-state index in [1.165, 1.54) is 5.56 Å². The SMILES string of the molecule is C=CC[C@H](C[C@@H](C)c1ccccc1)NC(=O)OC(C)(C)C. The van der Waals surface area contributed by atoms with Crippen LogP contribution >= 0.6 is 0 Å². The van der Waals surface area contributed by atoms with Gasteiger partial charge in [0.05, 0.1) is 0 Å². The van der Waals surface area contributed by atoms with Crippen LogP contribution in [0.4, 0.5) is 4.79 Å². The van der Waals surface area contributed by atoms with Crippen LogP contribution in [0.2, 0.25) is 0 Å². The number of amides is 1. The zero-order valence-corrected chi connectivity index (χ0v) is 13.6. The predicted molar refractivity (Wildman–Crippen MR) is 87.4 cm³/mol. The Kier molecular flexibility index (Phi) is 6.47. The molecule has 0 spiro atoms. The van der Waals surface area contributed by atoms with Crippen LogP contribution in [0.3, 0.4) is 0 Å². The van der Waals surface area contributed by atoms with Crippen LogP contribution in [0, 0.1) is 0 Å². The van der Waals surface area contributed by atoms with Gasteiger partial charge in [0, 0.05) is 6.04 Å². The summed E-state index contributed by atoms with van der Waals surface area (Å²) in [4.78, 5) is 11.9. The predicted octanol–water partition coefficient (Wildman–Crippen LogP) is 4.65. The lowest BCUT2D eigenvalue weighted by Gasteiger charge is -2.25. The van der Waals surface area contributed by atoms with E-state index in [0.717, 1.165) is 12.8 Å². The van der Waals surface area contributed by atoms with Crippen molar-refractivity contribution in [2.45, 2.75) is 58.1 Å². The minimum absolute atomic E-state index is 0.0348. The highest BCUT2D eigenvalue weighted by Gasteiger charge is 2.20. The van der Waals surface area contributed by atoms with E-state index in [0.29, 0.717) is 5.92 Å². The molecule has 1 N–H and O–H groups in total. The van der Waals surface area contributed by atoms with Crippen molar-refractivity contribution in [2.24, 2.45) is 0 Å². The van der Waals surface area contributed by atoms with E-state index >= 15 is 0 Å². The summed E-state index contributed by atoms with van der Waals surface area (Å²) in [5.74, 6) is 0.367. The molecule has 0 radical (unpaired) electrons. The summed E-state index contributed by atoms with van der Waals surface area (Å²) in [6.45, 7) is 11.5. The molecule has 0 bridgehead atoms. The van der Waals surface area contributed by atoms with E-state index in [1.54, 1.807) is 0 Å². The molecular weight excluding hydrogens is 262 g/mol. The normalized spacial score (nSPS) is 14.1. The zero-order valence-electron chi connectivity index (χ0n) is 13.6. The Hall–Kier alpha value is -1.77. The van der Waals surface area contributed by atoms with Crippen LogP contribution < -0.4 is 5.32 Å². The van der Waals surface area contributed by atoms with Crippen LogP contribution in [-0.4, -0.2) is 17.7 Å². The van der Waals surface area contributed by atoms with Crippen molar-refractivity contribution in [1.82, 2.24) is 5.32 Å². The van der Waals surface area contributed by atoms with Crippen LogP contribution in [0.1, 0.15) is 52.0 Å². The molecule has 0 fully saturated rings. The fourth-order valence-electron chi connectivity index (χ4n) is 2.23. The van der Waals surface area contributed by atoms with Crippen molar-refractivity contribution in [3.05, 3.63) is 48.6 Å². The van der Waals surface area contributed by atoms with Crippen LogP contribution in [0.5, 0.6) is 0 Å². The molecule has 3 nitrogen and oxygen atoms in total. The van der Waals surface area contributed by atoms with Crippen LogP contribution in [0.15, 0.2) is 43.0 Å². The number of rotatable bonds is 6. The van der Waals surface area contributed by atoms with Crippen LogP contribution in [-0.2, 0) is 4.74 Å². The highest BCUT2D eigenvalue weighted by molar-refractivity contribution is 5.68. The third kappa shape index (κ3) is 6.98. The molecule has 3 heteroatoms. The quantitative estimate of drug-likeness (QED) is 0.774. The molecule has 21 heavy (non-hydrogen) atoms. The Morgan fingerprint density at radius 3 is 2.48 bits per heavy atom. The molecule has 1 aromatic rings. The summed E-state index contributed by atoms with van der Waals surface area (Å²) in [7, 11) is 0. The van der Waals surface area contributed by atoms with E-state index in [9.17, 15) is 4.79 Å². The average molecular weight is 289 g/mol. The summed E-state index contributed by atoms with van der Waals surface area (Å²) in [6, 6.07) is 10.3. The monoisotopic (exact) mass is 289 g/mol. The van der Waals surface area contributed by atoms with Crippen molar-refractivity contribution in [1.29, 1.82) is 0 Å². The maximum atomic E-state index is 11.9. The van der Waals surface area contributed by atoms with Gasteiger partial charge in [-0.1, -0.05) is 43.3 Å². The van der Waals surface area contributed by atoms with Gasteiger partial charge in [-0.15, -0.1) is 6.58 Å². The molecule has 0 saturated heterocycles. The Balaban J connectivity index is 2.61. The van der Waals surface area contributed by atoms with Gasteiger partial charge in [0.25, 0.3) is 0 Å². The van der Waals surface area contributed by atoms with Gasteiger partial charge >= 0.3 is 6.09 Å². The second kappa shape index (κ2) is 7.87. The van der Waals surface area contributed by atoms with Gasteiger partial charge in [-0.05, 0) is 45.1 Å². The molecule has 0 saturated carbocycles. The Morgan fingerprint density at radius 1 is 1.33 bits per heavy atom. The molecule has 0 aliphatic heterocycles. The summed E-state index contributed by atoms with van der Waals surface area (Å²) >= 11 is 0. The number of hydrogen-bond acceptors (Lipinski definition) is 2. The molecule has 2 atom stereocenters. The maximum Gasteiger partial charge on any atom is 0.407 e. The van der Waals surface area contributed by atoms with Gasteiger partial charge in [-0.3, -0.25) is 0 Å². The lowest BCUT2D eigenvalue weighted by molar-refractivity contribution is 0.0501. The Bertz CT molecular complexity index is 448. The third-order valence-corrected chi connectivity index (χ3v) is 3.18. The van der Waals surface area contributed by atoms with Gasteiger partial charge in [-0.2, -0.15) is 0 Å². The molecule has 0 aromatic heterocycles. The highest BCUT2D eigenvalue weighted by Crippen LogP contribution is 2.21. The minimum Gasteiger partial charge on any atom is -0.444 e. The van der Waals surface area contributed by atoms with E-state index in [1.807, 2.05) is 45.0 Å². The van der Waals surface area contributed by atoms with E-state index in [4.69, 9.17) is 4.74 Å². The lowest BCUT2D eigenvalue weighted by atomic mass is 9.93. The van der Waals surface area contributed by atoms with E-state index < -0.39 is 5.60 Å². The third-order valence-electron chi connectivity index (χ3n) is 3.18. The first-order chi connectivity index (χ1) is 9.81. The first kappa shape index (κ1) is 17.3. The fourth-order valence-corrected chi connectivity index (χ4v) is 2.23. The average Bonchev–Trinajstić information content (AvgIpc) is 2.37. The van der Waals surface area contributed by atoms with Crippen molar-refractivity contribution in [3.63, 3.8) is 0 Å². The first-order valence-corrected chi connectivity index (χ1v) is 7.47. The highest BCUT2D eigenvalue weighted by atomic mass is 16.6. The van der Waals surface area contributed by atoms with Crippen molar-refractivity contribution < 1.29 is 9.53 Å². The minimum atomic E-state index is -0.478. The molecule has 0 aliphatic rings. The van der Waals surface area contributed by atoms with Gasteiger partial charge in [-0.25, -0.2) is 4.79 Å². The first-order valence-electron chi connectivity index (χ1n) is 7.47. The second-order valence-electron chi connectivity index (χ2n) is 6.41. The Morgan fingerprint density at radius 2 is 1.95 bits per heavy atom.